The summed E-state index contributed by atoms with van der Waals surface area (Å²) < 4.78 is 4.77. The number of rotatable bonds is 9. The zero-order chi connectivity index (χ0) is 17.9. The van der Waals surface area contributed by atoms with E-state index >= 15 is 0 Å². The van der Waals surface area contributed by atoms with Gasteiger partial charge in [0.2, 0.25) is 0 Å². The molecule has 24 heavy (non-hydrogen) atoms. The number of amides is 2. The maximum absolute atomic E-state index is 12.6. The highest BCUT2D eigenvalue weighted by molar-refractivity contribution is 5.89. The molecular weight excluding hydrogens is 306 g/mol. The molecule has 1 atom stereocenters. The second kappa shape index (κ2) is 10.6. The topological polar surface area (TPSA) is 61.9 Å². The van der Waals surface area contributed by atoms with Gasteiger partial charge in [-0.15, -0.1) is 0 Å². The van der Waals surface area contributed by atoms with Gasteiger partial charge < -0.3 is 19.9 Å². The summed E-state index contributed by atoms with van der Waals surface area (Å²) in [6, 6.07) is 9.10. The summed E-state index contributed by atoms with van der Waals surface area (Å²) in [7, 11) is 1.36. The highest BCUT2D eigenvalue weighted by Gasteiger charge is 2.22. The largest absolute Gasteiger partial charge is 0.469 e. The normalized spacial score (nSPS) is 11.9. The van der Waals surface area contributed by atoms with E-state index in [1.54, 1.807) is 11.8 Å². The molecule has 1 rings (SSSR count). The van der Waals surface area contributed by atoms with Gasteiger partial charge in [0.25, 0.3) is 0 Å². The molecule has 0 spiro atoms. The number of para-hydroxylation sites is 1. The van der Waals surface area contributed by atoms with E-state index < -0.39 is 0 Å². The molecule has 0 saturated heterocycles. The lowest BCUT2D eigenvalue weighted by molar-refractivity contribution is -0.145. The van der Waals surface area contributed by atoms with Crippen LogP contribution in [0.15, 0.2) is 30.3 Å². The first-order chi connectivity index (χ1) is 11.5. The Bertz CT molecular complexity index is 503. The van der Waals surface area contributed by atoms with Crippen LogP contribution in [0.2, 0.25) is 0 Å². The Kier molecular flexibility index (Phi) is 8.86. The van der Waals surface area contributed by atoms with Crippen LogP contribution < -0.4 is 5.32 Å². The third-order valence-corrected chi connectivity index (χ3v) is 3.99. The van der Waals surface area contributed by atoms with Gasteiger partial charge in [-0.3, -0.25) is 4.79 Å². The number of anilines is 1. The molecule has 6 nitrogen and oxygen atoms in total. The van der Waals surface area contributed by atoms with Crippen molar-refractivity contribution >= 4 is 17.7 Å². The van der Waals surface area contributed by atoms with Crippen molar-refractivity contribution < 1.29 is 14.3 Å². The van der Waals surface area contributed by atoms with Crippen LogP contribution in [0.5, 0.6) is 0 Å². The fourth-order valence-corrected chi connectivity index (χ4v) is 2.41. The number of carbonyl (C=O) groups is 2. The molecule has 0 bridgehead atoms. The molecule has 2 amide bonds. The molecule has 134 valence electrons. The van der Waals surface area contributed by atoms with Crippen molar-refractivity contribution in [1.29, 1.82) is 0 Å². The summed E-state index contributed by atoms with van der Waals surface area (Å²) in [5, 5.41) is 2.88. The number of methoxy groups -OCH3 is 1. The van der Waals surface area contributed by atoms with Gasteiger partial charge in [-0.05, 0) is 25.2 Å². The molecule has 0 fully saturated rings. The molecule has 1 aromatic carbocycles. The Morgan fingerprint density at radius 2 is 1.75 bits per heavy atom. The van der Waals surface area contributed by atoms with E-state index in [1.807, 2.05) is 30.3 Å². The Balaban J connectivity index is 2.74. The van der Waals surface area contributed by atoms with Gasteiger partial charge in [0.05, 0.1) is 13.0 Å². The minimum Gasteiger partial charge on any atom is -0.469 e. The van der Waals surface area contributed by atoms with E-state index in [9.17, 15) is 9.59 Å². The van der Waals surface area contributed by atoms with E-state index in [0.29, 0.717) is 13.1 Å². The maximum Gasteiger partial charge on any atom is 0.321 e. The van der Waals surface area contributed by atoms with Crippen molar-refractivity contribution in [3.8, 4) is 0 Å². The predicted octanol–water partition coefficient (Wildman–Crippen LogP) is 2.67. The zero-order valence-corrected chi connectivity index (χ0v) is 15.1. The molecule has 0 saturated carbocycles. The number of urea groups is 1. The molecule has 6 heteroatoms. The minimum absolute atomic E-state index is 0.205. The molecular formula is C18H29N3O3. The van der Waals surface area contributed by atoms with Gasteiger partial charge in [-0.2, -0.15) is 0 Å². The monoisotopic (exact) mass is 335 g/mol. The molecule has 0 aliphatic heterocycles. The highest BCUT2D eigenvalue weighted by atomic mass is 16.5. The smallest absolute Gasteiger partial charge is 0.321 e. The molecule has 1 N–H and O–H groups in total. The van der Waals surface area contributed by atoms with Gasteiger partial charge in [-0.25, -0.2) is 4.79 Å². The number of nitrogens with one attached hydrogen (secondary N) is 1. The van der Waals surface area contributed by atoms with Crippen LogP contribution in [0, 0.1) is 5.92 Å². The second-order valence-corrected chi connectivity index (χ2v) is 5.69. The Labute approximate surface area is 144 Å². The summed E-state index contributed by atoms with van der Waals surface area (Å²) in [5.41, 5.74) is 0.737. The first-order valence-corrected chi connectivity index (χ1v) is 8.42. The van der Waals surface area contributed by atoms with Gasteiger partial charge in [-0.1, -0.05) is 39.0 Å². The van der Waals surface area contributed by atoms with Crippen LogP contribution in [0.25, 0.3) is 0 Å². The molecule has 0 heterocycles. The summed E-state index contributed by atoms with van der Waals surface area (Å²) in [4.78, 5) is 28.2. The van der Waals surface area contributed by atoms with Crippen molar-refractivity contribution in [2.45, 2.75) is 20.8 Å². The lowest BCUT2D eigenvalue weighted by Gasteiger charge is -2.28. The second-order valence-electron chi connectivity index (χ2n) is 5.69. The summed E-state index contributed by atoms with van der Waals surface area (Å²) in [6.07, 6.45) is 0. The SMILES string of the molecule is CCN(CC)CCN(CC(C)C(=O)OC)C(=O)Nc1ccccc1. The zero-order valence-electron chi connectivity index (χ0n) is 15.1. The number of benzene rings is 1. The third kappa shape index (κ3) is 6.58. The fraction of sp³-hybridized carbons (Fsp3) is 0.556. The Hall–Kier alpha value is -2.08. The molecule has 0 aliphatic rings. The average Bonchev–Trinajstić information content (AvgIpc) is 2.61. The summed E-state index contributed by atoms with van der Waals surface area (Å²) >= 11 is 0. The number of likely N-dealkylation sites (N-methyl/N-ethyl adjacent to an activating group) is 1. The van der Waals surface area contributed by atoms with Crippen LogP contribution in [0.4, 0.5) is 10.5 Å². The van der Waals surface area contributed by atoms with Crippen LogP contribution >= 0.6 is 0 Å². The lowest BCUT2D eigenvalue weighted by atomic mass is 10.1. The van der Waals surface area contributed by atoms with E-state index in [0.717, 1.165) is 25.3 Å². The van der Waals surface area contributed by atoms with E-state index in [-0.39, 0.29) is 17.9 Å². The molecule has 1 unspecified atom stereocenters. The first kappa shape index (κ1) is 20.0. The van der Waals surface area contributed by atoms with Crippen molar-refractivity contribution in [2.24, 2.45) is 5.92 Å². The number of esters is 1. The van der Waals surface area contributed by atoms with E-state index in [1.165, 1.54) is 7.11 Å². The standard InChI is InChI=1S/C18H29N3O3/c1-5-20(6-2)12-13-21(14-15(3)17(22)24-4)18(23)19-16-10-8-7-9-11-16/h7-11,15H,5-6,12-14H2,1-4H3,(H,19,23). The maximum atomic E-state index is 12.6. The van der Waals surface area contributed by atoms with E-state index in [4.69, 9.17) is 4.74 Å². The summed E-state index contributed by atoms with van der Waals surface area (Å²) in [6.45, 7) is 9.46. The average molecular weight is 335 g/mol. The van der Waals surface area contributed by atoms with Crippen molar-refractivity contribution in [1.82, 2.24) is 9.80 Å². The molecule has 1 aromatic rings. The summed E-state index contributed by atoms with van der Waals surface area (Å²) in [5.74, 6) is -0.677. The highest BCUT2D eigenvalue weighted by Crippen LogP contribution is 2.09. The molecule has 0 radical (unpaired) electrons. The Morgan fingerprint density at radius 1 is 1.12 bits per heavy atom. The molecule has 0 aromatic heterocycles. The number of carbonyl (C=O) groups excluding carboxylic acids is 2. The van der Waals surface area contributed by atoms with Crippen molar-refractivity contribution in [2.75, 3.05) is 45.2 Å². The third-order valence-electron chi connectivity index (χ3n) is 3.99. The quantitative estimate of drug-likeness (QED) is 0.705. The predicted molar refractivity (Wildman–Crippen MR) is 96.0 cm³/mol. The lowest BCUT2D eigenvalue weighted by Crippen LogP contribution is -2.44. The number of ether oxygens (including phenoxy) is 1. The van der Waals surface area contributed by atoms with Crippen molar-refractivity contribution in [3.63, 3.8) is 0 Å². The Morgan fingerprint density at radius 3 is 2.29 bits per heavy atom. The van der Waals surface area contributed by atoms with Crippen LogP contribution in [0.3, 0.4) is 0 Å². The van der Waals surface area contributed by atoms with Gasteiger partial charge in [0.15, 0.2) is 0 Å². The van der Waals surface area contributed by atoms with Crippen LogP contribution in [-0.4, -0.2) is 61.6 Å². The van der Waals surface area contributed by atoms with Crippen molar-refractivity contribution in [3.05, 3.63) is 30.3 Å². The molecule has 0 aliphatic carbocycles. The van der Waals surface area contributed by atoms with Gasteiger partial charge in [0.1, 0.15) is 0 Å². The number of hydrogen-bond acceptors (Lipinski definition) is 4. The number of nitrogens with zero attached hydrogens (tertiary/aromatic N) is 2. The van der Waals surface area contributed by atoms with Crippen LogP contribution in [-0.2, 0) is 9.53 Å². The first-order valence-electron chi connectivity index (χ1n) is 8.42. The number of hydrogen-bond donors (Lipinski definition) is 1. The van der Waals surface area contributed by atoms with Gasteiger partial charge in [0, 0.05) is 25.3 Å². The van der Waals surface area contributed by atoms with Gasteiger partial charge >= 0.3 is 12.0 Å². The van der Waals surface area contributed by atoms with E-state index in [2.05, 4.69) is 24.1 Å². The fourth-order valence-electron chi connectivity index (χ4n) is 2.41. The minimum atomic E-state index is -0.367. The van der Waals surface area contributed by atoms with Crippen LogP contribution in [0.1, 0.15) is 20.8 Å².